The Morgan fingerprint density at radius 3 is 2.41 bits per heavy atom. The lowest BCUT2D eigenvalue weighted by Crippen LogP contribution is -2.38. The highest BCUT2D eigenvalue weighted by Gasteiger charge is 2.40. The molecule has 1 aliphatic rings. The molecule has 2 aromatic carbocycles. The van der Waals surface area contributed by atoms with Crippen LogP contribution in [0, 0.1) is 0 Å². The first-order valence-corrected chi connectivity index (χ1v) is 7.90. The Morgan fingerprint density at radius 1 is 1.05 bits per heavy atom. The largest absolute Gasteiger partial charge is 0.395 e. The second kappa shape index (κ2) is 6.80. The van der Waals surface area contributed by atoms with Crippen LogP contribution in [0.1, 0.15) is 17.0 Å². The fourth-order valence-corrected chi connectivity index (χ4v) is 3.43. The van der Waals surface area contributed by atoms with Crippen molar-refractivity contribution >= 4 is 11.6 Å². The Bertz CT molecular complexity index is 619. The minimum Gasteiger partial charge on any atom is -0.395 e. The minimum absolute atomic E-state index is 0.0147. The maximum absolute atomic E-state index is 10.6. The molecule has 3 rings (SSSR count). The molecular formula is C18H20ClNO2. The number of aliphatic hydroxyl groups excluding tert-OH is 2. The Labute approximate surface area is 135 Å². The number of halogens is 1. The summed E-state index contributed by atoms with van der Waals surface area (Å²) in [5.74, 6) is 0.0147. The molecular weight excluding hydrogens is 298 g/mol. The van der Waals surface area contributed by atoms with Gasteiger partial charge in [0.2, 0.25) is 0 Å². The van der Waals surface area contributed by atoms with Crippen LogP contribution in [0.3, 0.4) is 0 Å². The highest BCUT2D eigenvalue weighted by atomic mass is 35.5. The van der Waals surface area contributed by atoms with Gasteiger partial charge in [-0.3, -0.25) is 4.90 Å². The van der Waals surface area contributed by atoms with Gasteiger partial charge in [0, 0.05) is 24.0 Å². The molecule has 1 heterocycles. The summed E-state index contributed by atoms with van der Waals surface area (Å²) >= 11 is 6.23. The third-order valence-electron chi connectivity index (χ3n) is 4.45. The van der Waals surface area contributed by atoms with Gasteiger partial charge in [-0.1, -0.05) is 60.1 Å². The second-order valence-electron chi connectivity index (χ2n) is 5.78. The predicted octanol–water partition coefficient (Wildman–Crippen LogP) is 2.66. The van der Waals surface area contributed by atoms with Crippen LogP contribution in [-0.4, -0.2) is 40.4 Å². The molecule has 0 spiro atoms. The second-order valence-corrected chi connectivity index (χ2v) is 6.19. The molecule has 116 valence electrons. The van der Waals surface area contributed by atoms with Gasteiger partial charge in [0.15, 0.2) is 0 Å². The number of likely N-dealkylation sites (tertiary alicyclic amines) is 1. The average Bonchev–Trinajstić information content (AvgIpc) is 2.86. The lowest BCUT2D eigenvalue weighted by Gasteiger charge is -2.24. The van der Waals surface area contributed by atoms with Crippen LogP contribution < -0.4 is 0 Å². The first kappa shape index (κ1) is 15.5. The van der Waals surface area contributed by atoms with Crippen molar-refractivity contribution in [1.82, 2.24) is 4.90 Å². The Hall–Kier alpha value is -1.39. The van der Waals surface area contributed by atoms with E-state index in [4.69, 9.17) is 11.6 Å². The number of benzene rings is 2. The van der Waals surface area contributed by atoms with Crippen molar-refractivity contribution in [3.63, 3.8) is 0 Å². The standard InChI is InChI=1S/C18H20ClNO2/c19-16-9-5-4-8-14(16)10-20-11-15(18(22)17(20)12-21)13-6-2-1-3-7-13/h1-9,15,17-18,21-22H,10-12H2/t15-,17-,18-/m1/s1. The first-order valence-electron chi connectivity index (χ1n) is 7.52. The highest BCUT2D eigenvalue weighted by Crippen LogP contribution is 2.33. The maximum atomic E-state index is 10.6. The van der Waals surface area contributed by atoms with E-state index < -0.39 is 6.10 Å². The summed E-state index contributed by atoms with van der Waals surface area (Å²) < 4.78 is 0. The summed E-state index contributed by atoms with van der Waals surface area (Å²) in [7, 11) is 0. The third-order valence-corrected chi connectivity index (χ3v) is 4.82. The van der Waals surface area contributed by atoms with Gasteiger partial charge < -0.3 is 10.2 Å². The quantitative estimate of drug-likeness (QED) is 0.911. The van der Waals surface area contributed by atoms with Crippen LogP contribution in [0.25, 0.3) is 0 Å². The zero-order valence-electron chi connectivity index (χ0n) is 12.3. The van der Waals surface area contributed by atoms with Gasteiger partial charge in [-0.2, -0.15) is 0 Å². The van der Waals surface area contributed by atoms with Crippen molar-refractivity contribution in [2.75, 3.05) is 13.2 Å². The van der Waals surface area contributed by atoms with Crippen molar-refractivity contribution in [2.45, 2.75) is 24.6 Å². The monoisotopic (exact) mass is 317 g/mol. The third kappa shape index (κ3) is 3.03. The molecule has 3 atom stereocenters. The van der Waals surface area contributed by atoms with Gasteiger partial charge in [0.1, 0.15) is 0 Å². The van der Waals surface area contributed by atoms with Gasteiger partial charge >= 0.3 is 0 Å². The average molecular weight is 318 g/mol. The van der Waals surface area contributed by atoms with E-state index in [2.05, 4.69) is 4.90 Å². The lowest BCUT2D eigenvalue weighted by molar-refractivity contribution is 0.0641. The van der Waals surface area contributed by atoms with Crippen LogP contribution in [0.5, 0.6) is 0 Å². The van der Waals surface area contributed by atoms with Gasteiger partial charge in [-0.15, -0.1) is 0 Å². The molecule has 0 amide bonds. The van der Waals surface area contributed by atoms with Crippen molar-refractivity contribution in [3.05, 3.63) is 70.7 Å². The van der Waals surface area contributed by atoms with Crippen LogP contribution in [0.4, 0.5) is 0 Å². The van der Waals surface area contributed by atoms with Crippen LogP contribution in [0.2, 0.25) is 5.02 Å². The molecule has 1 fully saturated rings. The van der Waals surface area contributed by atoms with E-state index in [0.717, 1.165) is 16.1 Å². The highest BCUT2D eigenvalue weighted by molar-refractivity contribution is 6.31. The first-order chi connectivity index (χ1) is 10.7. The Kier molecular flexibility index (Phi) is 4.79. The van der Waals surface area contributed by atoms with Crippen LogP contribution >= 0.6 is 11.6 Å². The topological polar surface area (TPSA) is 43.7 Å². The smallest absolute Gasteiger partial charge is 0.0798 e. The summed E-state index contributed by atoms with van der Waals surface area (Å²) in [6.07, 6.45) is -0.574. The van der Waals surface area contributed by atoms with Gasteiger partial charge in [-0.25, -0.2) is 0 Å². The fourth-order valence-electron chi connectivity index (χ4n) is 3.23. The summed E-state index contributed by atoms with van der Waals surface area (Å²) in [6, 6.07) is 17.4. The lowest BCUT2D eigenvalue weighted by atomic mass is 9.94. The predicted molar refractivity (Wildman–Crippen MR) is 87.9 cm³/mol. The number of aliphatic hydroxyl groups is 2. The molecule has 0 radical (unpaired) electrons. The molecule has 0 saturated carbocycles. The van der Waals surface area contributed by atoms with E-state index >= 15 is 0 Å². The molecule has 1 saturated heterocycles. The summed E-state index contributed by atoms with van der Waals surface area (Å²) in [5.41, 5.74) is 2.12. The van der Waals surface area contributed by atoms with Crippen LogP contribution in [-0.2, 0) is 6.54 Å². The molecule has 0 bridgehead atoms. The zero-order valence-corrected chi connectivity index (χ0v) is 13.0. The zero-order chi connectivity index (χ0) is 15.5. The molecule has 1 aliphatic heterocycles. The summed E-state index contributed by atoms with van der Waals surface area (Å²) in [6.45, 7) is 1.28. The van der Waals surface area contributed by atoms with E-state index in [9.17, 15) is 10.2 Å². The minimum atomic E-state index is -0.574. The molecule has 0 aliphatic carbocycles. The summed E-state index contributed by atoms with van der Waals surface area (Å²) in [5, 5.41) is 21.0. The van der Waals surface area contributed by atoms with Crippen LogP contribution in [0.15, 0.2) is 54.6 Å². The van der Waals surface area contributed by atoms with Gasteiger partial charge in [0.25, 0.3) is 0 Å². The molecule has 22 heavy (non-hydrogen) atoms. The van der Waals surface area contributed by atoms with Crippen molar-refractivity contribution in [1.29, 1.82) is 0 Å². The van der Waals surface area contributed by atoms with Crippen molar-refractivity contribution in [2.24, 2.45) is 0 Å². The van der Waals surface area contributed by atoms with E-state index in [0.29, 0.717) is 13.1 Å². The fraction of sp³-hybridized carbons (Fsp3) is 0.333. The van der Waals surface area contributed by atoms with E-state index in [-0.39, 0.29) is 18.6 Å². The Morgan fingerprint density at radius 2 is 1.73 bits per heavy atom. The molecule has 4 heteroatoms. The van der Waals surface area contributed by atoms with Gasteiger partial charge in [-0.05, 0) is 17.2 Å². The number of hydrogen-bond acceptors (Lipinski definition) is 3. The molecule has 2 N–H and O–H groups in total. The van der Waals surface area contributed by atoms with Crippen molar-refractivity contribution in [3.8, 4) is 0 Å². The normalized spacial score (nSPS) is 25.5. The van der Waals surface area contributed by atoms with E-state index in [1.807, 2.05) is 54.6 Å². The maximum Gasteiger partial charge on any atom is 0.0798 e. The number of rotatable bonds is 4. The van der Waals surface area contributed by atoms with E-state index in [1.54, 1.807) is 0 Å². The van der Waals surface area contributed by atoms with Crippen molar-refractivity contribution < 1.29 is 10.2 Å². The molecule has 2 aromatic rings. The number of hydrogen-bond donors (Lipinski definition) is 2. The molecule has 0 aromatic heterocycles. The Balaban J connectivity index is 1.81. The molecule has 0 unspecified atom stereocenters. The SMILES string of the molecule is OC[C@@H]1[C@H](O)[C@@H](c2ccccc2)CN1Cc1ccccc1Cl. The van der Waals surface area contributed by atoms with Gasteiger partial charge in [0.05, 0.1) is 18.8 Å². The summed E-state index contributed by atoms with van der Waals surface area (Å²) in [4.78, 5) is 2.11. The van der Waals surface area contributed by atoms with E-state index in [1.165, 1.54) is 0 Å². The number of nitrogens with zero attached hydrogens (tertiary/aromatic N) is 1. The molecule has 3 nitrogen and oxygen atoms in total.